The molecule has 0 fully saturated rings. The first kappa shape index (κ1) is 10.9. The molecule has 70 valence electrons. The van der Waals surface area contributed by atoms with Crippen LogP contribution in [0.5, 0.6) is 0 Å². The zero-order chi connectivity index (χ0) is 9.72. The minimum Gasteiger partial charge on any atom is -0.358 e. The quantitative estimate of drug-likeness (QED) is 0.577. The molecule has 4 nitrogen and oxygen atoms in total. The SMILES string of the molecule is CNC(=O)C(C(=O)NC)C(C)C. The molecule has 0 heterocycles. The first-order valence-electron chi connectivity index (χ1n) is 3.97. The minimum atomic E-state index is -0.583. The van der Waals surface area contributed by atoms with E-state index in [2.05, 4.69) is 10.6 Å². The molecule has 0 rings (SSSR count). The molecule has 0 spiro atoms. The van der Waals surface area contributed by atoms with Crippen LogP contribution in [0.4, 0.5) is 0 Å². The Hall–Kier alpha value is -1.06. The second kappa shape index (κ2) is 4.74. The van der Waals surface area contributed by atoms with Gasteiger partial charge in [-0.25, -0.2) is 0 Å². The summed E-state index contributed by atoms with van der Waals surface area (Å²) in [6.07, 6.45) is 0. The molecule has 2 N–H and O–H groups in total. The Labute approximate surface area is 72.7 Å². The number of rotatable bonds is 3. The van der Waals surface area contributed by atoms with E-state index in [1.54, 1.807) is 0 Å². The molecule has 0 aromatic heterocycles. The van der Waals surface area contributed by atoms with Gasteiger partial charge < -0.3 is 10.6 Å². The summed E-state index contributed by atoms with van der Waals surface area (Å²) in [6, 6.07) is 0. The van der Waals surface area contributed by atoms with Crippen LogP contribution >= 0.6 is 0 Å². The van der Waals surface area contributed by atoms with Crippen molar-refractivity contribution in [2.75, 3.05) is 14.1 Å². The molecule has 0 bridgehead atoms. The minimum absolute atomic E-state index is 0.0184. The molecule has 0 aromatic carbocycles. The van der Waals surface area contributed by atoms with Crippen molar-refractivity contribution >= 4 is 11.8 Å². The molecular weight excluding hydrogens is 156 g/mol. The molecule has 12 heavy (non-hydrogen) atoms. The third-order valence-electron chi connectivity index (χ3n) is 1.72. The van der Waals surface area contributed by atoms with Crippen molar-refractivity contribution in [3.63, 3.8) is 0 Å². The zero-order valence-corrected chi connectivity index (χ0v) is 7.97. The Morgan fingerprint density at radius 3 is 1.50 bits per heavy atom. The van der Waals surface area contributed by atoms with Crippen molar-refractivity contribution in [3.8, 4) is 0 Å². The Bertz CT molecular complexity index is 162. The molecule has 0 aliphatic carbocycles. The molecular formula is C8H16N2O2. The van der Waals surface area contributed by atoms with Crippen LogP contribution in [0.15, 0.2) is 0 Å². The number of hydrogen-bond acceptors (Lipinski definition) is 2. The fraction of sp³-hybridized carbons (Fsp3) is 0.750. The third-order valence-corrected chi connectivity index (χ3v) is 1.72. The van der Waals surface area contributed by atoms with E-state index in [0.29, 0.717) is 0 Å². The van der Waals surface area contributed by atoms with Crippen molar-refractivity contribution in [1.29, 1.82) is 0 Å². The van der Waals surface area contributed by atoms with E-state index < -0.39 is 5.92 Å². The van der Waals surface area contributed by atoms with Crippen molar-refractivity contribution in [2.45, 2.75) is 13.8 Å². The summed E-state index contributed by atoms with van der Waals surface area (Å²) >= 11 is 0. The highest BCUT2D eigenvalue weighted by Crippen LogP contribution is 2.10. The van der Waals surface area contributed by atoms with Gasteiger partial charge in [-0.15, -0.1) is 0 Å². The molecule has 2 amide bonds. The van der Waals surface area contributed by atoms with Crippen molar-refractivity contribution in [1.82, 2.24) is 10.6 Å². The van der Waals surface area contributed by atoms with Crippen LogP contribution in [0.1, 0.15) is 13.8 Å². The van der Waals surface area contributed by atoms with Crippen molar-refractivity contribution < 1.29 is 9.59 Å². The second-order valence-electron chi connectivity index (χ2n) is 2.95. The molecule has 4 heteroatoms. The van der Waals surface area contributed by atoms with Gasteiger partial charge in [0.25, 0.3) is 0 Å². The van der Waals surface area contributed by atoms with Gasteiger partial charge >= 0.3 is 0 Å². The van der Waals surface area contributed by atoms with Gasteiger partial charge in [-0.2, -0.15) is 0 Å². The lowest BCUT2D eigenvalue weighted by Gasteiger charge is -2.16. The summed E-state index contributed by atoms with van der Waals surface area (Å²) in [6.45, 7) is 3.68. The van der Waals surface area contributed by atoms with Crippen LogP contribution in [-0.2, 0) is 9.59 Å². The first-order valence-corrected chi connectivity index (χ1v) is 3.97. The van der Waals surface area contributed by atoms with Crippen LogP contribution in [0.25, 0.3) is 0 Å². The number of amides is 2. The Morgan fingerprint density at radius 2 is 1.33 bits per heavy atom. The summed E-state index contributed by atoms with van der Waals surface area (Å²) in [5.41, 5.74) is 0. The van der Waals surface area contributed by atoms with Gasteiger partial charge in [0.05, 0.1) is 0 Å². The van der Waals surface area contributed by atoms with Gasteiger partial charge in [0.2, 0.25) is 11.8 Å². The molecule has 0 aliphatic rings. The van der Waals surface area contributed by atoms with Gasteiger partial charge in [-0.1, -0.05) is 13.8 Å². The van der Waals surface area contributed by atoms with Crippen LogP contribution in [0.3, 0.4) is 0 Å². The first-order chi connectivity index (χ1) is 5.54. The largest absolute Gasteiger partial charge is 0.358 e. The lowest BCUT2D eigenvalue weighted by Crippen LogP contribution is -2.41. The molecule has 0 saturated heterocycles. The lowest BCUT2D eigenvalue weighted by molar-refractivity contribution is -0.136. The van der Waals surface area contributed by atoms with Crippen LogP contribution in [-0.4, -0.2) is 25.9 Å². The predicted octanol–water partition coefficient (Wildman–Crippen LogP) is -0.249. The monoisotopic (exact) mass is 172 g/mol. The lowest BCUT2D eigenvalue weighted by atomic mass is 9.94. The van der Waals surface area contributed by atoms with Gasteiger partial charge in [-0.05, 0) is 5.92 Å². The summed E-state index contributed by atoms with van der Waals surface area (Å²) in [5.74, 6) is -1.03. The number of carbonyl (C=O) groups is 2. The Kier molecular flexibility index (Phi) is 4.33. The molecule has 0 atom stereocenters. The number of hydrogen-bond donors (Lipinski definition) is 2. The second-order valence-corrected chi connectivity index (χ2v) is 2.95. The van der Waals surface area contributed by atoms with Gasteiger partial charge in [-0.3, -0.25) is 9.59 Å². The number of nitrogens with one attached hydrogen (secondary N) is 2. The summed E-state index contributed by atoms with van der Waals surface area (Å²) in [5, 5.41) is 4.92. The maximum absolute atomic E-state index is 11.2. The highest BCUT2D eigenvalue weighted by Gasteiger charge is 2.27. The van der Waals surface area contributed by atoms with E-state index in [4.69, 9.17) is 0 Å². The van der Waals surface area contributed by atoms with E-state index in [1.165, 1.54) is 14.1 Å². The predicted molar refractivity (Wildman–Crippen MR) is 46.5 cm³/mol. The fourth-order valence-corrected chi connectivity index (χ4v) is 1.04. The maximum Gasteiger partial charge on any atom is 0.232 e. The van der Waals surface area contributed by atoms with Crippen molar-refractivity contribution in [2.24, 2.45) is 11.8 Å². The van der Waals surface area contributed by atoms with Gasteiger partial charge in [0.15, 0.2) is 0 Å². The van der Waals surface area contributed by atoms with Crippen LogP contribution in [0.2, 0.25) is 0 Å². The van der Waals surface area contributed by atoms with Crippen LogP contribution < -0.4 is 10.6 Å². The highest BCUT2D eigenvalue weighted by atomic mass is 16.2. The van der Waals surface area contributed by atoms with Gasteiger partial charge in [0.1, 0.15) is 5.92 Å². The Balaban J connectivity index is 4.43. The van der Waals surface area contributed by atoms with Gasteiger partial charge in [0, 0.05) is 14.1 Å². The smallest absolute Gasteiger partial charge is 0.232 e. The number of carbonyl (C=O) groups excluding carboxylic acids is 2. The van der Waals surface area contributed by atoms with Crippen LogP contribution in [0, 0.1) is 11.8 Å². The molecule has 0 aromatic rings. The van der Waals surface area contributed by atoms with E-state index in [1.807, 2.05) is 13.8 Å². The topological polar surface area (TPSA) is 58.2 Å². The Morgan fingerprint density at radius 1 is 1.00 bits per heavy atom. The average molecular weight is 172 g/mol. The van der Waals surface area contributed by atoms with E-state index in [9.17, 15) is 9.59 Å². The molecule has 0 aliphatic heterocycles. The zero-order valence-electron chi connectivity index (χ0n) is 7.97. The summed E-state index contributed by atoms with van der Waals surface area (Å²) in [7, 11) is 3.06. The van der Waals surface area contributed by atoms with Crippen molar-refractivity contribution in [3.05, 3.63) is 0 Å². The van der Waals surface area contributed by atoms with E-state index >= 15 is 0 Å². The highest BCUT2D eigenvalue weighted by molar-refractivity contribution is 6.00. The molecule has 0 unspecified atom stereocenters. The molecule has 0 saturated carbocycles. The third kappa shape index (κ3) is 2.53. The van der Waals surface area contributed by atoms with E-state index in [0.717, 1.165) is 0 Å². The maximum atomic E-state index is 11.2. The summed E-state index contributed by atoms with van der Waals surface area (Å²) in [4.78, 5) is 22.4. The fourth-order valence-electron chi connectivity index (χ4n) is 1.04. The average Bonchev–Trinajstić information content (AvgIpc) is 2.03. The molecule has 0 radical (unpaired) electrons. The van der Waals surface area contributed by atoms with E-state index in [-0.39, 0.29) is 17.7 Å². The standard InChI is InChI=1S/C8H16N2O2/c1-5(2)6(7(11)9-3)8(12)10-4/h5-6H,1-4H3,(H,9,11)(H,10,12). The summed E-state index contributed by atoms with van der Waals surface area (Å²) < 4.78 is 0. The normalized spacial score (nSPS) is 10.2.